The van der Waals surface area contributed by atoms with Gasteiger partial charge in [-0.1, -0.05) is 31.2 Å². The first-order valence-corrected chi connectivity index (χ1v) is 6.23. The molecule has 2 heterocycles. The largest absolute Gasteiger partial charge is 0.275 e. The van der Waals surface area contributed by atoms with Gasteiger partial charge in [0.25, 0.3) is 11.3 Å². The highest BCUT2D eigenvalue weighted by Gasteiger charge is 2.09. The van der Waals surface area contributed by atoms with Gasteiger partial charge in [0.1, 0.15) is 5.82 Å². The Hall–Kier alpha value is -2.43. The van der Waals surface area contributed by atoms with Crippen molar-refractivity contribution in [2.24, 2.45) is 0 Å². The van der Waals surface area contributed by atoms with E-state index in [9.17, 15) is 4.79 Å². The molecular formula is C14H14N4O. The molecule has 0 radical (unpaired) electrons. The summed E-state index contributed by atoms with van der Waals surface area (Å²) in [6.07, 6.45) is 0.739. The summed E-state index contributed by atoms with van der Waals surface area (Å²) in [6, 6.07) is 9.40. The fourth-order valence-corrected chi connectivity index (χ4v) is 2.08. The molecule has 0 amide bonds. The zero-order valence-electron chi connectivity index (χ0n) is 10.8. The van der Waals surface area contributed by atoms with E-state index in [4.69, 9.17) is 0 Å². The molecule has 0 atom stereocenters. The van der Waals surface area contributed by atoms with Crippen LogP contribution in [0.15, 0.2) is 35.1 Å². The van der Waals surface area contributed by atoms with Gasteiger partial charge in [-0.05, 0) is 12.5 Å². The van der Waals surface area contributed by atoms with E-state index in [0.29, 0.717) is 11.5 Å². The Kier molecular flexibility index (Phi) is 2.67. The summed E-state index contributed by atoms with van der Waals surface area (Å²) in [6.45, 7) is 3.98. The monoisotopic (exact) mass is 254 g/mol. The van der Waals surface area contributed by atoms with Crippen molar-refractivity contribution in [3.8, 4) is 11.3 Å². The second kappa shape index (κ2) is 4.35. The molecule has 5 heteroatoms. The van der Waals surface area contributed by atoms with E-state index in [1.54, 1.807) is 0 Å². The SMILES string of the molecule is CCc1nc2nc(-c3ccccc3C)cc(=O)n2[nH]1. The maximum atomic E-state index is 12.1. The number of aromatic nitrogens is 4. The molecule has 0 unspecified atom stereocenters. The second-order valence-electron chi connectivity index (χ2n) is 4.45. The summed E-state index contributed by atoms with van der Waals surface area (Å²) in [5.41, 5.74) is 2.57. The molecule has 5 nitrogen and oxygen atoms in total. The van der Waals surface area contributed by atoms with Gasteiger partial charge in [0, 0.05) is 18.1 Å². The third-order valence-corrected chi connectivity index (χ3v) is 3.13. The number of fused-ring (bicyclic) bond motifs is 1. The van der Waals surface area contributed by atoms with Gasteiger partial charge in [-0.3, -0.25) is 9.89 Å². The number of aryl methyl sites for hydroxylation is 2. The van der Waals surface area contributed by atoms with E-state index in [1.165, 1.54) is 10.6 Å². The fourth-order valence-electron chi connectivity index (χ4n) is 2.08. The molecule has 0 bridgehead atoms. The molecule has 1 aromatic carbocycles. The first-order valence-electron chi connectivity index (χ1n) is 6.23. The first kappa shape index (κ1) is 11.6. The Balaban J connectivity index is 2.26. The molecule has 0 saturated carbocycles. The van der Waals surface area contributed by atoms with Gasteiger partial charge < -0.3 is 0 Å². The normalized spacial score (nSPS) is 11.1. The van der Waals surface area contributed by atoms with Crippen molar-refractivity contribution in [3.05, 3.63) is 52.1 Å². The lowest BCUT2D eigenvalue weighted by atomic mass is 10.1. The van der Waals surface area contributed by atoms with Crippen LogP contribution >= 0.6 is 0 Å². The summed E-state index contributed by atoms with van der Waals surface area (Å²) in [7, 11) is 0. The summed E-state index contributed by atoms with van der Waals surface area (Å²) in [4.78, 5) is 20.8. The lowest BCUT2D eigenvalue weighted by molar-refractivity contribution is 0.854. The highest BCUT2D eigenvalue weighted by molar-refractivity contribution is 5.64. The predicted molar refractivity (Wildman–Crippen MR) is 73.2 cm³/mol. The molecule has 0 aliphatic carbocycles. The Bertz CT molecular complexity index is 801. The van der Waals surface area contributed by atoms with Crippen LogP contribution in [0.25, 0.3) is 17.0 Å². The van der Waals surface area contributed by atoms with E-state index in [1.807, 2.05) is 38.1 Å². The molecule has 0 aliphatic heterocycles. The summed E-state index contributed by atoms with van der Waals surface area (Å²) >= 11 is 0. The Morgan fingerprint density at radius 2 is 2.05 bits per heavy atom. The third kappa shape index (κ3) is 1.93. The molecule has 2 aromatic heterocycles. The lowest BCUT2D eigenvalue weighted by Gasteiger charge is -2.03. The van der Waals surface area contributed by atoms with Crippen LogP contribution in [-0.2, 0) is 6.42 Å². The van der Waals surface area contributed by atoms with Crippen LogP contribution < -0.4 is 5.56 Å². The maximum Gasteiger partial charge on any atom is 0.274 e. The van der Waals surface area contributed by atoms with Gasteiger partial charge >= 0.3 is 0 Å². The number of aromatic amines is 1. The number of hydrogen-bond acceptors (Lipinski definition) is 3. The summed E-state index contributed by atoms with van der Waals surface area (Å²) in [5, 5.41) is 2.94. The van der Waals surface area contributed by atoms with E-state index in [0.717, 1.165) is 23.4 Å². The van der Waals surface area contributed by atoms with Gasteiger partial charge in [-0.25, -0.2) is 4.98 Å². The minimum absolute atomic E-state index is 0.143. The average Bonchev–Trinajstić information content (AvgIpc) is 2.83. The molecular weight excluding hydrogens is 240 g/mol. The number of hydrogen-bond donors (Lipinski definition) is 1. The van der Waals surface area contributed by atoms with Crippen molar-refractivity contribution in [1.82, 2.24) is 19.6 Å². The van der Waals surface area contributed by atoms with Gasteiger partial charge in [-0.15, -0.1) is 0 Å². The first-order chi connectivity index (χ1) is 9.19. The summed E-state index contributed by atoms with van der Waals surface area (Å²) in [5.74, 6) is 1.18. The molecule has 19 heavy (non-hydrogen) atoms. The van der Waals surface area contributed by atoms with E-state index < -0.39 is 0 Å². The van der Waals surface area contributed by atoms with Gasteiger partial charge in [0.2, 0.25) is 0 Å². The molecule has 96 valence electrons. The van der Waals surface area contributed by atoms with Crippen molar-refractivity contribution in [2.45, 2.75) is 20.3 Å². The number of nitrogens with one attached hydrogen (secondary N) is 1. The Morgan fingerprint density at radius 3 is 2.79 bits per heavy atom. The van der Waals surface area contributed by atoms with Crippen LogP contribution in [0.3, 0.4) is 0 Å². The quantitative estimate of drug-likeness (QED) is 0.760. The molecule has 3 rings (SSSR count). The standard InChI is InChI=1S/C14H14N4O/c1-3-12-16-14-15-11(8-13(19)18(14)17-12)10-7-5-4-6-9(10)2/h4-8H,3H2,1-2H3,(H,15,16,17). The smallest absolute Gasteiger partial charge is 0.274 e. The number of H-pyrrole nitrogens is 1. The van der Waals surface area contributed by atoms with Crippen molar-refractivity contribution in [1.29, 1.82) is 0 Å². The van der Waals surface area contributed by atoms with Crippen molar-refractivity contribution >= 4 is 5.78 Å². The van der Waals surface area contributed by atoms with Crippen LogP contribution in [0, 0.1) is 6.92 Å². The zero-order chi connectivity index (χ0) is 13.4. The zero-order valence-corrected chi connectivity index (χ0v) is 10.8. The highest BCUT2D eigenvalue weighted by atomic mass is 16.1. The van der Waals surface area contributed by atoms with Crippen LogP contribution in [-0.4, -0.2) is 19.6 Å². The molecule has 0 saturated heterocycles. The lowest BCUT2D eigenvalue weighted by Crippen LogP contribution is -2.14. The van der Waals surface area contributed by atoms with E-state index in [2.05, 4.69) is 15.1 Å². The minimum atomic E-state index is -0.143. The number of benzene rings is 1. The van der Waals surface area contributed by atoms with Crippen molar-refractivity contribution in [2.75, 3.05) is 0 Å². The maximum absolute atomic E-state index is 12.1. The van der Waals surface area contributed by atoms with Gasteiger partial charge in [-0.2, -0.15) is 9.50 Å². The molecule has 1 N–H and O–H groups in total. The van der Waals surface area contributed by atoms with Crippen molar-refractivity contribution in [3.63, 3.8) is 0 Å². The molecule has 0 spiro atoms. The molecule has 0 fully saturated rings. The van der Waals surface area contributed by atoms with Gasteiger partial charge in [0.05, 0.1) is 5.69 Å². The minimum Gasteiger partial charge on any atom is -0.275 e. The summed E-state index contributed by atoms with van der Waals surface area (Å²) < 4.78 is 1.38. The van der Waals surface area contributed by atoms with Crippen LogP contribution in [0.5, 0.6) is 0 Å². The number of rotatable bonds is 2. The van der Waals surface area contributed by atoms with Crippen LogP contribution in [0.2, 0.25) is 0 Å². The van der Waals surface area contributed by atoms with E-state index in [-0.39, 0.29) is 5.56 Å². The van der Waals surface area contributed by atoms with E-state index >= 15 is 0 Å². The van der Waals surface area contributed by atoms with Gasteiger partial charge in [0.15, 0.2) is 0 Å². The average molecular weight is 254 g/mol. The van der Waals surface area contributed by atoms with Crippen molar-refractivity contribution < 1.29 is 0 Å². The Labute approximate surface area is 109 Å². The fraction of sp³-hybridized carbons (Fsp3) is 0.214. The van der Waals surface area contributed by atoms with Crippen LogP contribution in [0.1, 0.15) is 18.3 Å². The third-order valence-electron chi connectivity index (χ3n) is 3.13. The predicted octanol–water partition coefficient (Wildman–Crippen LogP) is 1.96. The molecule has 0 aliphatic rings. The van der Waals surface area contributed by atoms with Crippen LogP contribution in [0.4, 0.5) is 0 Å². The second-order valence-corrected chi connectivity index (χ2v) is 4.45. The molecule has 3 aromatic rings. The highest BCUT2D eigenvalue weighted by Crippen LogP contribution is 2.19. The topological polar surface area (TPSA) is 63.1 Å². The Morgan fingerprint density at radius 1 is 1.26 bits per heavy atom. The number of nitrogens with zero attached hydrogens (tertiary/aromatic N) is 3.